The number of nitrogens with zero attached hydrogens (tertiary/aromatic N) is 4. The van der Waals surface area contributed by atoms with Crippen molar-refractivity contribution in [1.29, 1.82) is 0 Å². The van der Waals surface area contributed by atoms with Crippen LogP contribution in [0.25, 0.3) is 0 Å². The summed E-state index contributed by atoms with van der Waals surface area (Å²) in [5.74, 6) is 0.951. The molecule has 1 fully saturated rings. The molecule has 1 amide bonds. The third-order valence-electron chi connectivity index (χ3n) is 4.81. The molecular weight excluding hydrogens is 362 g/mol. The molecule has 2 atom stereocenters. The van der Waals surface area contributed by atoms with Crippen molar-refractivity contribution in [3.05, 3.63) is 22.4 Å². The molecule has 8 heteroatoms. The van der Waals surface area contributed by atoms with E-state index in [2.05, 4.69) is 46.7 Å². The van der Waals surface area contributed by atoms with E-state index in [4.69, 9.17) is 9.73 Å². The summed E-state index contributed by atoms with van der Waals surface area (Å²) in [7, 11) is 4.20. The van der Waals surface area contributed by atoms with Crippen molar-refractivity contribution in [2.45, 2.75) is 38.5 Å². The molecule has 3 heterocycles. The van der Waals surface area contributed by atoms with Crippen molar-refractivity contribution in [2.24, 2.45) is 4.99 Å². The van der Waals surface area contributed by atoms with E-state index >= 15 is 0 Å². The fourth-order valence-corrected chi connectivity index (χ4v) is 4.35. The Morgan fingerprint density at radius 1 is 1.44 bits per heavy atom. The average molecular weight is 394 g/mol. The van der Waals surface area contributed by atoms with Crippen molar-refractivity contribution in [3.63, 3.8) is 0 Å². The summed E-state index contributed by atoms with van der Waals surface area (Å²) in [5.41, 5.74) is -0.462. The molecule has 0 saturated carbocycles. The van der Waals surface area contributed by atoms with Crippen LogP contribution in [-0.4, -0.2) is 85.2 Å². The standard InChI is InChI=1S/C19H31N5O2S/c1-19(2,3)26-18(25)23-8-9-24-14(13-23)11-20-17(24)21-12-15(22(4)5)16-7-6-10-27-16/h6-7,10,14-15H,8-9,11-13H2,1-5H3,(H,20,21). The first kappa shape index (κ1) is 19.9. The molecule has 1 N–H and O–H groups in total. The first-order valence-electron chi connectivity index (χ1n) is 9.47. The van der Waals surface area contributed by atoms with Crippen molar-refractivity contribution < 1.29 is 9.53 Å². The van der Waals surface area contributed by atoms with Crippen LogP contribution in [0, 0.1) is 0 Å². The molecule has 0 aromatic carbocycles. The van der Waals surface area contributed by atoms with Crippen LogP contribution in [0.3, 0.4) is 0 Å². The second-order valence-electron chi connectivity index (χ2n) is 8.31. The molecule has 0 spiro atoms. The van der Waals surface area contributed by atoms with Crippen LogP contribution >= 0.6 is 11.3 Å². The number of hydrogen-bond donors (Lipinski definition) is 1. The van der Waals surface area contributed by atoms with E-state index in [0.717, 1.165) is 19.0 Å². The van der Waals surface area contributed by atoms with Gasteiger partial charge in [-0.25, -0.2) is 4.79 Å². The van der Waals surface area contributed by atoms with Gasteiger partial charge in [-0.1, -0.05) is 6.07 Å². The number of nitrogens with one attached hydrogen (secondary N) is 1. The molecule has 1 aromatic rings. The molecule has 27 heavy (non-hydrogen) atoms. The summed E-state index contributed by atoms with van der Waals surface area (Å²) in [5, 5.41) is 5.65. The van der Waals surface area contributed by atoms with Crippen molar-refractivity contribution in [1.82, 2.24) is 20.0 Å². The predicted molar refractivity (Wildman–Crippen MR) is 109 cm³/mol. The number of guanidine groups is 1. The van der Waals surface area contributed by atoms with Gasteiger partial charge in [0.2, 0.25) is 0 Å². The van der Waals surface area contributed by atoms with Gasteiger partial charge in [0.15, 0.2) is 5.96 Å². The van der Waals surface area contributed by atoms with E-state index in [0.29, 0.717) is 25.7 Å². The number of amides is 1. The molecule has 0 radical (unpaired) electrons. The largest absolute Gasteiger partial charge is 0.444 e. The van der Waals surface area contributed by atoms with E-state index in [-0.39, 0.29) is 12.1 Å². The number of aliphatic imine (C=N–C) groups is 1. The van der Waals surface area contributed by atoms with Gasteiger partial charge in [0.25, 0.3) is 0 Å². The summed E-state index contributed by atoms with van der Waals surface area (Å²) in [6.07, 6.45) is -0.228. The maximum Gasteiger partial charge on any atom is 0.410 e. The van der Waals surface area contributed by atoms with Gasteiger partial charge in [-0.2, -0.15) is 0 Å². The number of ether oxygens (including phenoxy) is 1. The molecule has 2 unspecified atom stereocenters. The summed E-state index contributed by atoms with van der Waals surface area (Å²) in [6.45, 7) is 9.32. The third kappa shape index (κ3) is 4.93. The van der Waals surface area contributed by atoms with Crippen LogP contribution in [0.4, 0.5) is 4.79 Å². The Bertz CT molecular complexity index is 668. The predicted octanol–water partition coefficient (Wildman–Crippen LogP) is 2.23. The van der Waals surface area contributed by atoms with Crippen LogP contribution in [0.15, 0.2) is 22.5 Å². The number of piperazine rings is 1. The second kappa shape index (κ2) is 8.06. The van der Waals surface area contributed by atoms with Crippen LogP contribution in [0.5, 0.6) is 0 Å². The van der Waals surface area contributed by atoms with E-state index in [9.17, 15) is 4.79 Å². The lowest BCUT2D eigenvalue weighted by Crippen LogP contribution is -2.57. The normalized spacial score (nSPS) is 21.1. The topological polar surface area (TPSA) is 60.4 Å². The Labute approximate surface area is 166 Å². The van der Waals surface area contributed by atoms with Crippen molar-refractivity contribution >= 4 is 23.4 Å². The molecule has 1 saturated heterocycles. The zero-order valence-electron chi connectivity index (χ0n) is 16.9. The Balaban J connectivity index is 1.54. The Morgan fingerprint density at radius 3 is 2.85 bits per heavy atom. The minimum absolute atomic E-state index is 0.228. The van der Waals surface area contributed by atoms with Gasteiger partial charge in [0.05, 0.1) is 18.6 Å². The Hall–Kier alpha value is -1.80. The summed E-state index contributed by atoms with van der Waals surface area (Å²) in [6, 6.07) is 4.81. The number of carbonyl (C=O) groups is 1. The SMILES string of the molecule is CN(C)C(CNC1=NCC2CN(C(=O)OC(C)(C)C)CCN12)c1cccs1. The average Bonchev–Trinajstić information content (AvgIpc) is 3.23. The van der Waals surface area contributed by atoms with Gasteiger partial charge >= 0.3 is 6.09 Å². The zero-order chi connectivity index (χ0) is 19.6. The quantitative estimate of drug-likeness (QED) is 0.850. The zero-order valence-corrected chi connectivity index (χ0v) is 17.8. The van der Waals surface area contributed by atoms with E-state index in [1.54, 1.807) is 16.2 Å². The van der Waals surface area contributed by atoms with Crippen LogP contribution < -0.4 is 5.32 Å². The van der Waals surface area contributed by atoms with E-state index < -0.39 is 5.60 Å². The molecule has 0 aliphatic carbocycles. The lowest BCUT2D eigenvalue weighted by atomic mass is 10.2. The lowest BCUT2D eigenvalue weighted by Gasteiger charge is -2.39. The second-order valence-corrected chi connectivity index (χ2v) is 9.29. The van der Waals surface area contributed by atoms with Gasteiger partial charge in [0, 0.05) is 31.1 Å². The highest BCUT2D eigenvalue weighted by Crippen LogP contribution is 2.23. The number of fused-ring (bicyclic) bond motifs is 1. The fourth-order valence-electron chi connectivity index (χ4n) is 3.43. The summed E-state index contributed by atoms with van der Waals surface area (Å²) >= 11 is 1.78. The van der Waals surface area contributed by atoms with Crippen molar-refractivity contribution in [2.75, 3.05) is 46.8 Å². The summed E-state index contributed by atoms with van der Waals surface area (Å²) in [4.78, 5) is 24.7. The molecule has 2 aliphatic rings. The minimum Gasteiger partial charge on any atom is -0.444 e. The number of thiophene rings is 1. The van der Waals surface area contributed by atoms with Gasteiger partial charge in [-0.3, -0.25) is 4.99 Å². The number of carbonyl (C=O) groups excluding carboxylic acids is 1. The van der Waals surface area contributed by atoms with Crippen molar-refractivity contribution in [3.8, 4) is 0 Å². The van der Waals surface area contributed by atoms with Crippen LogP contribution in [-0.2, 0) is 4.74 Å². The highest BCUT2D eigenvalue weighted by atomic mass is 32.1. The van der Waals surface area contributed by atoms with E-state index in [1.807, 2.05) is 20.8 Å². The van der Waals surface area contributed by atoms with Crippen LogP contribution in [0.1, 0.15) is 31.7 Å². The van der Waals surface area contributed by atoms with Gasteiger partial charge in [0.1, 0.15) is 5.60 Å². The maximum absolute atomic E-state index is 12.3. The van der Waals surface area contributed by atoms with Gasteiger partial charge in [-0.15, -0.1) is 11.3 Å². The van der Waals surface area contributed by atoms with E-state index in [1.165, 1.54) is 4.88 Å². The van der Waals surface area contributed by atoms with Gasteiger partial charge in [-0.05, 0) is 46.3 Å². The first-order valence-corrected chi connectivity index (χ1v) is 10.4. The van der Waals surface area contributed by atoms with Crippen LogP contribution in [0.2, 0.25) is 0 Å². The highest BCUT2D eigenvalue weighted by Gasteiger charge is 2.36. The smallest absolute Gasteiger partial charge is 0.410 e. The lowest BCUT2D eigenvalue weighted by molar-refractivity contribution is 0.0137. The maximum atomic E-state index is 12.3. The molecule has 7 nitrogen and oxygen atoms in total. The Morgan fingerprint density at radius 2 is 2.22 bits per heavy atom. The molecule has 0 bridgehead atoms. The number of rotatable bonds is 4. The molecule has 1 aromatic heterocycles. The summed E-state index contributed by atoms with van der Waals surface area (Å²) < 4.78 is 5.51. The molecule has 2 aliphatic heterocycles. The monoisotopic (exact) mass is 393 g/mol. The Kier molecular flexibility index (Phi) is 5.95. The number of hydrogen-bond acceptors (Lipinski definition) is 7. The first-order chi connectivity index (χ1) is 12.7. The fraction of sp³-hybridized carbons (Fsp3) is 0.684. The van der Waals surface area contributed by atoms with Gasteiger partial charge < -0.3 is 24.8 Å². The highest BCUT2D eigenvalue weighted by molar-refractivity contribution is 7.10. The molecule has 150 valence electrons. The minimum atomic E-state index is -0.462. The number of likely N-dealkylation sites (N-methyl/N-ethyl adjacent to an activating group) is 1. The molecular formula is C19H31N5O2S. The third-order valence-corrected chi connectivity index (χ3v) is 5.78. The molecule has 3 rings (SSSR count).